The Bertz CT molecular complexity index is 223. The van der Waals surface area contributed by atoms with Gasteiger partial charge in [0, 0.05) is 19.4 Å². The molecule has 0 aromatic heterocycles. The number of likely N-dealkylation sites (tertiary alicyclic amines) is 1. The highest BCUT2D eigenvalue weighted by Crippen LogP contribution is 2.24. The van der Waals surface area contributed by atoms with Gasteiger partial charge in [-0.3, -0.25) is 14.5 Å². The van der Waals surface area contributed by atoms with Crippen LogP contribution in [0.4, 0.5) is 0 Å². The Hall–Kier alpha value is -0.860. The maximum Gasteiger partial charge on any atom is 0.232 e. The second kappa shape index (κ2) is 3.90. The van der Waals surface area contributed by atoms with E-state index in [0.29, 0.717) is 12.3 Å². The van der Waals surface area contributed by atoms with E-state index >= 15 is 0 Å². The minimum atomic E-state index is -0.0418. The molecule has 13 heavy (non-hydrogen) atoms. The predicted octanol–water partition coefficient (Wildman–Crippen LogP) is 1.43. The Balaban J connectivity index is 2.45. The summed E-state index contributed by atoms with van der Waals surface area (Å²) in [6, 6.07) is 0. The van der Waals surface area contributed by atoms with Crippen molar-refractivity contribution in [3.8, 4) is 0 Å². The van der Waals surface area contributed by atoms with E-state index in [0.717, 1.165) is 12.8 Å². The first kappa shape index (κ1) is 10.2. The van der Waals surface area contributed by atoms with Gasteiger partial charge in [0.1, 0.15) is 0 Å². The first-order valence-electron chi connectivity index (χ1n) is 4.82. The van der Waals surface area contributed by atoms with Gasteiger partial charge in [0.25, 0.3) is 0 Å². The zero-order valence-corrected chi connectivity index (χ0v) is 8.54. The lowest BCUT2D eigenvalue weighted by molar-refractivity contribution is -0.137. The lowest BCUT2D eigenvalue weighted by atomic mass is 9.97. The number of carbonyl (C=O) groups is 2. The molecule has 0 N–H and O–H groups in total. The van der Waals surface area contributed by atoms with Gasteiger partial charge < -0.3 is 0 Å². The van der Waals surface area contributed by atoms with E-state index < -0.39 is 0 Å². The summed E-state index contributed by atoms with van der Waals surface area (Å²) in [5, 5.41) is 0. The molecule has 1 rings (SSSR count). The molecule has 1 saturated heterocycles. The molecule has 2 amide bonds. The molecule has 0 saturated carbocycles. The highest BCUT2D eigenvalue weighted by Gasteiger charge is 2.35. The lowest BCUT2D eigenvalue weighted by Crippen LogP contribution is -2.25. The van der Waals surface area contributed by atoms with E-state index in [1.54, 1.807) is 7.05 Å². The smallest absolute Gasteiger partial charge is 0.232 e. The molecular formula is C10H17NO2. The molecule has 3 heteroatoms. The molecule has 1 aliphatic rings. The van der Waals surface area contributed by atoms with Crippen LogP contribution in [0.25, 0.3) is 0 Å². The molecule has 3 nitrogen and oxygen atoms in total. The molecule has 1 heterocycles. The maximum atomic E-state index is 11.4. The third-order valence-corrected chi connectivity index (χ3v) is 2.57. The summed E-state index contributed by atoms with van der Waals surface area (Å²) >= 11 is 0. The van der Waals surface area contributed by atoms with Crippen LogP contribution in [0.3, 0.4) is 0 Å². The van der Waals surface area contributed by atoms with Gasteiger partial charge in [-0.2, -0.15) is 0 Å². The van der Waals surface area contributed by atoms with Gasteiger partial charge in [0.05, 0.1) is 0 Å². The van der Waals surface area contributed by atoms with Crippen molar-refractivity contribution >= 4 is 11.8 Å². The Morgan fingerprint density at radius 2 is 2.08 bits per heavy atom. The fraction of sp³-hybridized carbons (Fsp3) is 0.800. The number of hydrogen-bond acceptors (Lipinski definition) is 2. The van der Waals surface area contributed by atoms with Gasteiger partial charge in [-0.25, -0.2) is 0 Å². The average molecular weight is 183 g/mol. The molecule has 74 valence electrons. The van der Waals surface area contributed by atoms with Crippen molar-refractivity contribution in [2.24, 2.45) is 11.8 Å². The Labute approximate surface area is 79.1 Å². The minimum Gasteiger partial charge on any atom is -0.285 e. The van der Waals surface area contributed by atoms with E-state index in [9.17, 15) is 9.59 Å². The summed E-state index contributed by atoms with van der Waals surface area (Å²) < 4.78 is 0. The second-order valence-corrected chi connectivity index (χ2v) is 4.16. The van der Waals surface area contributed by atoms with Crippen LogP contribution in [0.15, 0.2) is 0 Å². The zero-order chi connectivity index (χ0) is 10.0. The van der Waals surface area contributed by atoms with Crippen LogP contribution < -0.4 is 0 Å². The summed E-state index contributed by atoms with van der Waals surface area (Å²) in [5.74, 6) is 0.540. The second-order valence-electron chi connectivity index (χ2n) is 4.16. The molecule has 0 aromatic carbocycles. The Morgan fingerprint density at radius 3 is 2.46 bits per heavy atom. The van der Waals surface area contributed by atoms with Crippen molar-refractivity contribution in [3.63, 3.8) is 0 Å². The number of imide groups is 1. The molecule has 1 fully saturated rings. The average Bonchev–Trinajstić information content (AvgIpc) is 2.29. The number of amides is 2. The van der Waals surface area contributed by atoms with Crippen LogP contribution in [-0.2, 0) is 9.59 Å². The van der Waals surface area contributed by atoms with E-state index in [1.165, 1.54) is 4.90 Å². The van der Waals surface area contributed by atoms with Gasteiger partial charge in [-0.1, -0.05) is 20.3 Å². The Kier molecular flexibility index (Phi) is 3.07. The Morgan fingerprint density at radius 1 is 1.46 bits per heavy atom. The molecule has 1 aliphatic heterocycles. The van der Waals surface area contributed by atoms with Crippen LogP contribution in [-0.4, -0.2) is 23.8 Å². The van der Waals surface area contributed by atoms with Gasteiger partial charge in [0.15, 0.2) is 0 Å². The topological polar surface area (TPSA) is 37.4 Å². The van der Waals surface area contributed by atoms with Gasteiger partial charge in [-0.15, -0.1) is 0 Å². The number of hydrogen-bond donors (Lipinski definition) is 0. The third kappa shape index (κ3) is 2.29. The summed E-state index contributed by atoms with van der Waals surface area (Å²) in [6.45, 7) is 4.26. The van der Waals surface area contributed by atoms with Gasteiger partial charge >= 0.3 is 0 Å². The summed E-state index contributed by atoms with van der Waals surface area (Å²) in [6.07, 6.45) is 2.30. The SMILES string of the molecule is CC(C)CC[C@H]1CC(=O)N(C)C1=O. The van der Waals surface area contributed by atoms with Crippen LogP contribution in [0.2, 0.25) is 0 Å². The highest BCUT2D eigenvalue weighted by molar-refractivity contribution is 6.03. The van der Waals surface area contributed by atoms with Crippen LogP contribution >= 0.6 is 0 Å². The monoisotopic (exact) mass is 183 g/mol. The maximum absolute atomic E-state index is 11.4. The van der Waals surface area contributed by atoms with Crippen molar-refractivity contribution in [3.05, 3.63) is 0 Å². The minimum absolute atomic E-state index is 0.00523. The molecule has 0 unspecified atom stereocenters. The largest absolute Gasteiger partial charge is 0.285 e. The first-order chi connectivity index (χ1) is 6.02. The van der Waals surface area contributed by atoms with Crippen LogP contribution in [0.5, 0.6) is 0 Å². The molecular weight excluding hydrogens is 166 g/mol. The molecule has 0 spiro atoms. The van der Waals surface area contributed by atoms with E-state index in [1.807, 2.05) is 0 Å². The highest BCUT2D eigenvalue weighted by atomic mass is 16.2. The number of carbonyl (C=O) groups excluding carboxylic acids is 2. The fourth-order valence-electron chi connectivity index (χ4n) is 1.59. The van der Waals surface area contributed by atoms with Crippen molar-refractivity contribution in [1.82, 2.24) is 4.90 Å². The number of nitrogens with zero attached hydrogens (tertiary/aromatic N) is 1. The van der Waals surface area contributed by atoms with Crippen LogP contribution in [0.1, 0.15) is 33.1 Å². The standard InChI is InChI=1S/C10H17NO2/c1-7(2)4-5-8-6-9(12)11(3)10(8)13/h7-8H,4-6H2,1-3H3/t8-/m0/s1. The molecule has 1 atom stereocenters. The molecule has 0 aromatic rings. The van der Waals surface area contributed by atoms with Crippen molar-refractivity contribution in [2.75, 3.05) is 7.05 Å². The molecule has 0 radical (unpaired) electrons. The summed E-state index contributed by atoms with van der Waals surface area (Å²) in [4.78, 5) is 23.8. The van der Waals surface area contributed by atoms with Crippen molar-refractivity contribution in [1.29, 1.82) is 0 Å². The number of rotatable bonds is 3. The lowest BCUT2D eigenvalue weighted by Gasteiger charge is -2.09. The van der Waals surface area contributed by atoms with Gasteiger partial charge in [0.2, 0.25) is 11.8 Å². The van der Waals surface area contributed by atoms with E-state index in [2.05, 4.69) is 13.8 Å². The van der Waals surface area contributed by atoms with E-state index in [-0.39, 0.29) is 17.7 Å². The fourth-order valence-corrected chi connectivity index (χ4v) is 1.59. The first-order valence-corrected chi connectivity index (χ1v) is 4.82. The third-order valence-electron chi connectivity index (χ3n) is 2.57. The van der Waals surface area contributed by atoms with E-state index in [4.69, 9.17) is 0 Å². The van der Waals surface area contributed by atoms with Crippen molar-refractivity contribution in [2.45, 2.75) is 33.1 Å². The molecule has 0 aliphatic carbocycles. The summed E-state index contributed by atoms with van der Waals surface area (Å²) in [7, 11) is 1.57. The predicted molar refractivity (Wildman–Crippen MR) is 50.0 cm³/mol. The normalized spacial score (nSPS) is 23.4. The molecule has 0 bridgehead atoms. The quantitative estimate of drug-likeness (QED) is 0.621. The summed E-state index contributed by atoms with van der Waals surface area (Å²) in [5.41, 5.74) is 0. The zero-order valence-electron chi connectivity index (χ0n) is 8.54. The van der Waals surface area contributed by atoms with Gasteiger partial charge in [-0.05, 0) is 12.3 Å². The van der Waals surface area contributed by atoms with Crippen molar-refractivity contribution < 1.29 is 9.59 Å². The van der Waals surface area contributed by atoms with Crippen LogP contribution in [0, 0.1) is 11.8 Å².